The summed E-state index contributed by atoms with van der Waals surface area (Å²) in [4.78, 5) is 19.3. The Kier molecular flexibility index (Phi) is 5.82. The lowest BCUT2D eigenvalue weighted by molar-refractivity contribution is -0.115. The number of primary amides is 1. The van der Waals surface area contributed by atoms with Gasteiger partial charge >= 0.3 is 0 Å². The van der Waals surface area contributed by atoms with E-state index in [9.17, 15) is 4.79 Å². The van der Waals surface area contributed by atoms with Crippen LogP contribution in [0.2, 0.25) is 0 Å². The molecule has 0 aliphatic carbocycles. The monoisotopic (exact) mass is 480 g/mol. The molecule has 160 valence electrons. The minimum absolute atomic E-state index is 0.446. The van der Waals surface area contributed by atoms with Gasteiger partial charge in [0.1, 0.15) is 6.04 Å². The number of aromatic nitrogens is 3. The second-order valence-corrected chi connectivity index (χ2v) is 8.32. The maximum Gasteiger partial charge on any atom is 0.248 e. The van der Waals surface area contributed by atoms with E-state index < -0.39 is 11.9 Å². The van der Waals surface area contributed by atoms with Crippen molar-refractivity contribution in [2.45, 2.75) is 26.8 Å². The van der Waals surface area contributed by atoms with Crippen molar-refractivity contribution in [3.8, 4) is 11.4 Å². The van der Waals surface area contributed by atoms with Crippen LogP contribution < -0.4 is 16.0 Å². The number of fused-ring (bicyclic) bond motifs is 1. The summed E-state index contributed by atoms with van der Waals surface area (Å²) in [6.45, 7) is 8.02. The Hall–Kier alpha value is -3.13. The van der Waals surface area contributed by atoms with Crippen LogP contribution in [-0.2, 0) is 4.79 Å². The Bertz CT molecular complexity index is 1130. The van der Waals surface area contributed by atoms with E-state index >= 15 is 0 Å². The van der Waals surface area contributed by atoms with E-state index in [1.807, 2.05) is 43.3 Å². The van der Waals surface area contributed by atoms with Crippen molar-refractivity contribution in [1.82, 2.24) is 14.8 Å². The minimum atomic E-state index is -0.482. The lowest BCUT2D eigenvalue weighted by Gasteiger charge is -2.27. The van der Waals surface area contributed by atoms with Crippen LogP contribution in [0.4, 0.5) is 11.6 Å². The van der Waals surface area contributed by atoms with E-state index in [4.69, 9.17) is 15.8 Å². The number of halogens is 1. The van der Waals surface area contributed by atoms with Crippen LogP contribution >= 0.6 is 15.9 Å². The number of carbonyl (C=O) groups excluding carboxylic acids is 1. The molecule has 0 radical (unpaired) electrons. The molecular weight excluding hydrogens is 456 g/mol. The quantitative estimate of drug-likeness (QED) is 0.547. The number of allylic oxidation sites excluding steroid dienone is 1. The molecule has 7 nitrogen and oxygen atoms in total. The Labute approximate surface area is 190 Å². The van der Waals surface area contributed by atoms with Crippen LogP contribution in [-0.4, -0.2) is 33.8 Å². The average molecular weight is 481 g/mol. The molecule has 31 heavy (non-hydrogen) atoms. The number of amides is 1. The van der Waals surface area contributed by atoms with Gasteiger partial charge in [0.2, 0.25) is 11.9 Å². The zero-order valence-electron chi connectivity index (χ0n) is 17.8. The fourth-order valence-electron chi connectivity index (χ4n) is 3.96. The first-order valence-electron chi connectivity index (χ1n) is 10.3. The predicted octanol–water partition coefficient (Wildman–Crippen LogP) is 4.33. The number of hydrogen-bond donors (Lipinski definition) is 2. The molecule has 8 heteroatoms. The highest BCUT2D eigenvalue weighted by Crippen LogP contribution is 2.36. The highest BCUT2D eigenvalue weighted by atomic mass is 79.9. The van der Waals surface area contributed by atoms with E-state index in [2.05, 4.69) is 52.1 Å². The number of rotatable bonds is 6. The summed E-state index contributed by atoms with van der Waals surface area (Å²) >= 11 is 3.46. The van der Waals surface area contributed by atoms with Crippen LogP contribution in [0.15, 0.2) is 64.3 Å². The maximum absolute atomic E-state index is 12.3. The van der Waals surface area contributed by atoms with Crippen molar-refractivity contribution in [3.05, 3.63) is 69.8 Å². The van der Waals surface area contributed by atoms with Gasteiger partial charge in [-0.25, -0.2) is 4.68 Å². The number of hydrogen-bond acceptors (Lipinski definition) is 5. The van der Waals surface area contributed by atoms with Gasteiger partial charge in [-0.2, -0.15) is 4.98 Å². The van der Waals surface area contributed by atoms with E-state index in [1.165, 1.54) is 0 Å². The van der Waals surface area contributed by atoms with E-state index in [-0.39, 0.29) is 0 Å². The third kappa shape index (κ3) is 3.95. The van der Waals surface area contributed by atoms with Gasteiger partial charge in [-0.1, -0.05) is 28.1 Å². The van der Waals surface area contributed by atoms with Crippen molar-refractivity contribution in [2.24, 2.45) is 5.73 Å². The van der Waals surface area contributed by atoms with Crippen molar-refractivity contribution >= 4 is 33.5 Å². The SMILES string of the molecule is CCN(CC)c1ccc(-c2nc3n(n2)C(c2ccc(Br)cc2)C(C(N)=O)=C(C)N3)cc1. The second-order valence-electron chi connectivity index (χ2n) is 7.40. The number of nitrogens with two attached hydrogens (primary N) is 1. The fraction of sp³-hybridized carbons (Fsp3) is 0.261. The highest BCUT2D eigenvalue weighted by molar-refractivity contribution is 9.10. The van der Waals surface area contributed by atoms with Gasteiger partial charge in [0.05, 0.1) is 5.57 Å². The first-order chi connectivity index (χ1) is 14.9. The zero-order valence-corrected chi connectivity index (χ0v) is 19.3. The van der Waals surface area contributed by atoms with E-state index in [1.54, 1.807) is 4.68 Å². The summed E-state index contributed by atoms with van der Waals surface area (Å²) in [5.41, 5.74) is 9.89. The summed E-state index contributed by atoms with van der Waals surface area (Å²) in [5.74, 6) is 0.691. The first kappa shape index (κ1) is 21.1. The number of carbonyl (C=O) groups is 1. The molecular formula is C23H25BrN6O. The van der Waals surface area contributed by atoms with Crippen LogP contribution in [0.1, 0.15) is 32.4 Å². The predicted molar refractivity (Wildman–Crippen MR) is 127 cm³/mol. The topological polar surface area (TPSA) is 89.1 Å². The number of nitrogens with one attached hydrogen (secondary N) is 1. The largest absolute Gasteiger partial charge is 0.372 e. The maximum atomic E-state index is 12.3. The molecule has 2 aromatic carbocycles. The van der Waals surface area contributed by atoms with Gasteiger partial charge in [-0.15, -0.1) is 5.10 Å². The molecule has 2 heterocycles. The van der Waals surface area contributed by atoms with Crippen LogP contribution in [0.25, 0.3) is 11.4 Å². The molecule has 4 rings (SSSR count). The number of nitrogens with zero attached hydrogens (tertiary/aromatic N) is 4. The molecule has 0 saturated heterocycles. The molecule has 0 fully saturated rings. The summed E-state index contributed by atoms with van der Waals surface area (Å²) in [7, 11) is 0. The summed E-state index contributed by atoms with van der Waals surface area (Å²) in [5, 5.41) is 7.95. The molecule has 1 aliphatic rings. The Morgan fingerprint density at radius 3 is 2.35 bits per heavy atom. The van der Waals surface area contributed by atoms with Crippen molar-refractivity contribution in [1.29, 1.82) is 0 Å². The van der Waals surface area contributed by atoms with Gasteiger partial charge in [0, 0.05) is 34.5 Å². The standard InChI is InChI=1S/C23H25BrN6O/c1-4-29(5-2)18-12-8-16(9-13-18)22-27-23-26-14(3)19(21(25)31)20(30(23)28-22)15-6-10-17(24)11-7-15/h6-13,20H,4-5H2,1-3H3,(H2,25,31)(H,26,27,28). The van der Waals surface area contributed by atoms with Crippen LogP contribution in [0.5, 0.6) is 0 Å². The minimum Gasteiger partial charge on any atom is -0.372 e. The Balaban J connectivity index is 1.76. The fourth-order valence-corrected chi connectivity index (χ4v) is 4.22. The van der Waals surface area contributed by atoms with Crippen molar-refractivity contribution < 1.29 is 4.79 Å². The molecule has 0 spiro atoms. The number of anilines is 2. The van der Waals surface area contributed by atoms with Gasteiger partial charge < -0.3 is 16.0 Å². The van der Waals surface area contributed by atoms with Gasteiger partial charge in [-0.3, -0.25) is 4.79 Å². The Morgan fingerprint density at radius 1 is 1.13 bits per heavy atom. The zero-order chi connectivity index (χ0) is 22.1. The van der Waals surface area contributed by atoms with Gasteiger partial charge in [0.15, 0.2) is 5.82 Å². The summed E-state index contributed by atoms with van der Waals surface area (Å²) in [6.07, 6.45) is 0. The highest BCUT2D eigenvalue weighted by Gasteiger charge is 2.33. The molecule has 3 N–H and O–H groups in total. The second kappa shape index (κ2) is 8.55. The average Bonchev–Trinajstić information content (AvgIpc) is 3.18. The smallest absolute Gasteiger partial charge is 0.248 e. The summed E-state index contributed by atoms with van der Waals surface area (Å²) in [6, 6.07) is 15.6. The number of benzene rings is 2. The third-order valence-electron chi connectivity index (χ3n) is 5.56. The molecule has 1 amide bonds. The molecule has 1 atom stereocenters. The molecule has 1 aliphatic heterocycles. The Morgan fingerprint density at radius 2 is 1.77 bits per heavy atom. The molecule has 3 aromatic rings. The van der Waals surface area contributed by atoms with Crippen LogP contribution in [0, 0.1) is 0 Å². The molecule has 1 unspecified atom stereocenters. The molecule has 0 bridgehead atoms. The van der Waals surface area contributed by atoms with Gasteiger partial charge in [-0.05, 0) is 62.7 Å². The van der Waals surface area contributed by atoms with E-state index in [0.29, 0.717) is 23.0 Å². The normalized spacial score (nSPS) is 15.4. The molecule has 0 saturated carbocycles. The van der Waals surface area contributed by atoms with Crippen molar-refractivity contribution in [2.75, 3.05) is 23.3 Å². The molecule has 1 aromatic heterocycles. The van der Waals surface area contributed by atoms with Crippen molar-refractivity contribution in [3.63, 3.8) is 0 Å². The first-order valence-corrected chi connectivity index (χ1v) is 11.1. The van der Waals surface area contributed by atoms with Crippen LogP contribution in [0.3, 0.4) is 0 Å². The van der Waals surface area contributed by atoms with E-state index in [0.717, 1.165) is 34.4 Å². The summed E-state index contributed by atoms with van der Waals surface area (Å²) < 4.78 is 2.70. The third-order valence-corrected chi connectivity index (χ3v) is 6.09. The lowest BCUT2D eigenvalue weighted by Crippen LogP contribution is -2.31. The van der Waals surface area contributed by atoms with Gasteiger partial charge in [0.25, 0.3) is 0 Å². The lowest BCUT2D eigenvalue weighted by atomic mass is 9.95.